The van der Waals surface area contributed by atoms with Gasteiger partial charge in [-0.3, -0.25) is 10.1 Å². The average Bonchev–Trinajstić information content (AvgIpc) is 2.83. The van der Waals surface area contributed by atoms with Crippen LogP contribution in [0.3, 0.4) is 0 Å². The normalized spacial score (nSPS) is 16.6. The van der Waals surface area contributed by atoms with Crippen LogP contribution in [0.1, 0.15) is 32.9 Å². The zero-order chi connectivity index (χ0) is 15.0. The molecule has 0 fully saturated rings. The fourth-order valence-corrected chi connectivity index (χ4v) is 3.51. The largest absolute Gasteiger partial charge is 0.327 e. The predicted molar refractivity (Wildman–Crippen MR) is 88.5 cm³/mol. The van der Waals surface area contributed by atoms with E-state index in [2.05, 4.69) is 10.3 Å². The van der Waals surface area contributed by atoms with Gasteiger partial charge in [0.2, 0.25) is 0 Å². The van der Waals surface area contributed by atoms with Gasteiger partial charge in [-0.15, -0.1) is 23.7 Å². The third-order valence-corrected chi connectivity index (χ3v) is 4.65. The number of anilines is 1. The van der Waals surface area contributed by atoms with Crippen LogP contribution in [0.4, 0.5) is 9.52 Å². The molecule has 0 saturated carbocycles. The van der Waals surface area contributed by atoms with Gasteiger partial charge in [-0.25, -0.2) is 9.37 Å². The van der Waals surface area contributed by atoms with E-state index in [0.29, 0.717) is 16.3 Å². The van der Waals surface area contributed by atoms with Gasteiger partial charge < -0.3 is 5.73 Å². The van der Waals surface area contributed by atoms with Crippen molar-refractivity contribution >= 4 is 34.8 Å². The molecule has 0 saturated heterocycles. The van der Waals surface area contributed by atoms with Gasteiger partial charge in [0.15, 0.2) is 5.13 Å². The Balaban J connectivity index is 0.00000176. The van der Waals surface area contributed by atoms with Crippen LogP contribution in [0, 0.1) is 12.7 Å². The number of amides is 1. The van der Waals surface area contributed by atoms with Gasteiger partial charge in [0.1, 0.15) is 5.82 Å². The van der Waals surface area contributed by atoms with E-state index in [1.54, 1.807) is 6.92 Å². The van der Waals surface area contributed by atoms with Crippen LogP contribution < -0.4 is 11.1 Å². The second-order valence-electron chi connectivity index (χ2n) is 5.31. The van der Waals surface area contributed by atoms with E-state index >= 15 is 0 Å². The summed E-state index contributed by atoms with van der Waals surface area (Å²) in [6.45, 7) is 1.63. The van der Waals surface area contributed by atoms with Crippen LogP contribution in [-0.2, 0) is 12.8 Å². The van der Waals surface area contributed by atoms with Crippen LogP contribution >= 0.6 is 23.7 Å². The highest BCUT2D eigenvalue weighted by Gasteiger charge is 2.21. The van der Waals surface area contributed by atoms with Crippen molar-refractivity contribution in [2.75, 3.05) is 5.32 Å². The minimum absolute atomic E-state index is 0. The minimum atomic E-state index is -0.315. The molecular weight excluding hydrogens is 325 g/mol. The molecule has 1 aromatic heterocycles. The monoisotopic (exact) mass is 341 g/mol. The number of carbonyl (C=O) groups is 1. The first-order valence-corrected chi connectivity index (χ1v) is 7.66. The molecule has 7 heteroatoms. The van der Waals surface area contributed by atoms with Crippen molar-refractivity contribution in [3.05, 3.63) is 45.7 Å². The van der Waals surface area contributed by atoms with Gasteiger partial charge in [0.05, 0.1) is 5.69 Å². The molecule has 1 atom stereocenters. The van der Waals surface area contributed by atoms with Crippen molar-refractivity contribution in [1.29, 1.82) is 0 Å². The molecule has 2 aromatic rings. The molecule has 3 rings (SSSR count). The second-order valence-corrected chi connectivity index (χ2v) is 6.39. The number of thiazole rings is 1. The van der Waals surface area contributed by atoms with Crippen molar-refractivity contribution < 1.29 is 9.18 Å². The number of halogens is 2. The number of fused-ring (bicyclic) bond motifs is 1. The van der Waals surface area contributed by atoms with E-state index in [4.69, 9.17) is 5.73 Å². The molecule has 0 bridgehead atoms. The average molecular weight is 342 g/mol. The summed E-state index contributed by atoms with van der Waals surface area (Å²) < 4.78 is 13.2. The van der Waals surface area contributed by atoms with Crippen molar-refractivity contribution in [1.82, 2.24) is 4.98 Å². The summed E-state index contributed by atoms with van der Waals surface area (Å²) in [5, 5.41) is 3.37. The van der Waals surface area contributed by atoms with Crippen LogP contribution in [0.5, 0.6) is 0 Å². The number of nitrogens with zero attached hydrogens (tertiary/aromatic N) is 1. The Morgan fingerprint density at radius 3 is 3.00 bits per heavy atom. The summed E-state index contributed by atoms with van der Waals surface area (Å²) in [6.07, 6.45) is 2.61. The van der Waals surface area contributed by atoms with Gasteiger partial charge in [0.25, 0.3) is 5.91 Å². The number of aryl methyl sites for hydroxylation is 2. The van der Waals surface area contributed by atoms with Crippen molar-refractivity contribution in [2.24, 2.45) is 5.73 Å². The molecule has 0 spiro atoms. The molecule has 3 N–H and O–H groups in total. The minimum Gasteiger partial charge on any atom is -0.327 e. The van der Waals surface area contributed by atoms with Gasteiger partial charge >= 0.3 is 0 Å². The van der Waals surface area contributed by atoms with Crippen LogP contribution in [-0.4, -0.2) is 16.9 Å². The number of hydrogen-bond donors (Lipinski definition) is 2. The summed E-state index contributed by atoms with van der Waals surface area (Å²) in [5.74, 6) is -0.584. The Morgan fingerprint density at radius 2 is 2.27 bits per heavy atom. The Morgan fingerprint density at radius 1 is 1.50 bits per heavy atom. The van der Waals surface area contributed by atoms with Crippen molar-refractivity contribution in [3.8, 4) is 0 Å². The molecule has 1 heterocycles. The Hall–Kier alpha value is -1.50. The number of nitrogens with two attached hydrogens (primary N) is 1. The maximum absolute atomic E-state index is 13.2. The van der Waals surface area contributed by atoms with E-state index < -0.39 is 0 Å². The summed E-state index contributed by atoms with van der Waals surface area (Å²) in [6, 6.07) is 4.49. The molecule has 0 unspecified atom stereocenters. The first kappa shape index (κ1) is 16.9. The molecule has 1 aromatic carbocycles. The molecule has 1 aliphatic carbocycles. The van der Waals surface area contributed by atoms with Crippen LogP contribution in [0.25, 0.3) is 0 Å². The molecular formula is C15H17ClFN3OS. The second kappa shape index (κ2) is 6.73. The highest BCUT2D eigenvalue weighted by molar-refractivity contribution is 7.15. The van der Waals surface area contributed by atoms with E-state index in [1.165, 1.54) is 29.5 Å². The summed E-state index contributed by atoms with van der Waals surface area (Å²) in [4.78, 5) is 17.8. The smallest absolute Gasteiger partial charge is 0.257 e. The van der Waals surface area contributed by atoms with E-state index in [-0.39, 0.29) is 30.2 Å². The lowest BCUT2D eigenvalue weighted by atomic mass is 9.99. The highest BCUT2D eigenvalue weighted by atomic mass is 35.5. The fourth-order valence-electron chi connectivity index (χ4n) is 2.41. The molecule has 22 heavy (non-hydrogen) atoms. The molecule has 0 aliphatic heterocycles. The van der Waals surface area contributed by atoms with E-state index in [9.17, 15) is 9.18 Å². The Kier molecular flexibility index (Phi) is 5.16. The number of rotatable bonds is 2. The maximum Gasteiger partial charge on any atom is 0.257 e. The van der Waals surface area contributed by atoms with Crippen LogP contribution in [0.15, 0.2) is 18.2 Å². The van der Waals surface area contributed by atoms with Gasteiger partial charge in [0, 0.05) is 16.5 Å². The molecule has 0 radical (unpaired) electrons. The number of aromatic nitrogens is 1. The molecule has 1 aliphatic rings. The SMILES string of the molecule is Cc1cc(C(=O)Nc2nc3c(s2)C[C@@H](N)CC3)ccc1F.Cl. The fraction of sp³-hybridized carbons (Fsp3) is 0.333. The standard InChI is InChI=1S/C15H16FN3OS.ClH/c1-8-6-9(2-4-11(8)16)14(20)19-15-18-12-5-3-10(17)7-13(12)21-15;/h2,4,6,10H,3,5,7,17H2,1H3,(H,18,19,20);1H/t10-;/m0./s1. The zero-order valence-corrected chi connectivity index (χ0v) is 13.7. The highest BCUT2D eigenvalue weighted by Crippen LogP contribution is 2.29. The third-order valence-electron chi connectivity index (χ3n) is 3.62. The zero-order valence-electron chi connectivity index (χ0n) is 12.1. The van der Waals surface area contributed by atoms with Gasteiger partial charge in [-0.2, -0.15) is 0 Å². The maximum atomic E-state index is 13.2. The predicted octanol–water partition coefficient (Wildman–Crippen LogP) is 3.08. The van der Waals surface area contributed by atoms with Crippen molar-refractivity contribution in [3.63, 3.8) is 0 Å². The molecule has 118 valence electrons. The number of carbonyl (C=O) groups excluding carboxylic acids is 1. The summed E-state index contributed by atoms with van der Waals surface area (Å²) >= 11 is 1.47. The quantitative estimate of drug-likeness (QED) is 0.882. The van der Waals surface area contributed by atoms with E-state index in [1.807, 2.05) is 0 Å². The van der Waals surface area contributed by atoms with Crippen LogP contribution in [0.2, 0.25) is 0 Å². The number of benzene rings is 1. The lowest BCUT2D eigenvalue weighted by Gasteiger charge is -2.15. The first-order chi connectivity index (χ1) is 10.0. The molecule has 4 nitrogen and oxygen atoms in total. The number of nitrogens with one attached hydrogen (secondary N) is 1. The van der Waals surface area contributed by atoms with Gasteiger partial charge in [-0.1, -0.05) is 0 Å². The summed E-state index contributed by atoms with van der Waals surface area (Å²) in [5.41, 5.74) is 7.85. The first-order valence-electron chi connectivity index (χ1n) is 6.84. The summed E-state index contributed by atoms with van der Waals surface area (Å²) in [7, 11) is 0. The molecule has 1 amide bonds. The number of hydrogen-bond acceptors (Lipinski definition) is 4. The van der Waals surface area contributed by atoms with Crippen molar-refractivity contribution in [2.45, 2.75) is 32.2 Å². The Bertz CT molecular complexity index is 704. The lowest BCUT2D eigenvalue weighted by molar-refractivity contribution is 0.102. The van der Waals surface area contributed by atoms with Gasteiger partial charge in [-0.05, 0) is 49.9 Å². The third kappa shape index (κ3) is 3.45. The van der Waals surface area contributed by atoms with E-state index in [0.717, 1.165) is 29.8 Å². The Labute approximate surface area is 138 Å². The topological polar surface area (TPSA) is 68.0 Å². The lowest BCUT2D eigenvalue weighted by Crippen LogP contribution is -2.27.